The van der Waals surface area contributed by atoms with Crippen LogP contribution >= 0.6 is 0 Å². The molecule has 4 atom stereocenters. The molecular formula is C22H38N2O14. The fraction of sp³-hybridized carbons (Fsp3) is 0.636. The van der Waals surface area contributed by atoms with Gasteiger partial charge < -0.3 is 42.1 Å². The monoisotopic (exact) mass is 554 g/mol. The Hall–Kier alpha value is -3.92. The molecule has 0 saturated carbocycles. The van der Waals surface area contributed by atoms with Crippen molar-refractivity contribution in [2.45, 2.75) is 78.3 Å². The van der Waals surface area contributed by atoms with E-state index in [2.05, 4.69) is 0 Å². The summed E-state index contributed by atoms with van der Waals surface area (Å²) in [6.45, 7) is 7.15. The summed E-state index contributed by atoms with van der Waals surface area (Å²) >= 11 is 0. The van der Waals surface area contributed by atoms with Crippen LogP contribution in [-0.2, 0) is 38.4 Å². The van der Waals surface area contributed by atoms with Crippen molar-refractivity contribution in [3.8, 4) is 0 Å². The molecule has 38 heavy (non-hydrogen) atoms. The molecule has 0 rings (SSSR count). The Morgan fingerprint density at radius 2 is 1.08 bits per heavy atom. The van der Waals surface area contributed by atoms with Gasteiger partial charge >= 0.3 is 35.8 Å². The molecule has 0 aromatic rings. The van der Waals surface area contributed by atoms with Crippen LogP contribution in [0.4, 0.5) is 0 Å². The average molecular weight is 555 g/mol. The molecule has 0 aliphatic heterocycles. The Morgan fingerprint density at radius 1 is 0.632 bits per heavy atom. The highest BCUT2D eigenvalue weighted by Crippen LogP contribution is 2.04. The van der Waals surface area contributed by atoms with Gasteiger partial charge in [-0.05, 0) is 18.8 Å². The fourth-order valence-corrected chi connectivity index (χ4v) is 1.62. The first-order valence-electron chi connectivity index (χ1n) is 11.2. The summed E-state index contributed by atoms with van der Waals surface area (Å²) in [5.74, 6) is -9.23. The molecule has 16 heteroatoms. The van der Waals surface area contributed by atoms with E-state index in [1.807, 2.05) is 13.8 Å². The van der Waals surface area contributed by atoms with E-state index in [9.17, 15) is 38.4 Å². The lowest BCUT2D eigenvalue weighted by molar-refractivity contribution is -0.150. The van der Waals surface area contributed by atoms with Crippen molar-refractivity contribution < 1.29 is 69.0 Å². The Morgan fingerprint density at radius 3 is 1.29 bits per heavy atom. The van der Waals surface area contributed by atoms with Crippen LogP contribution in [0.3, 0.4) is 0 Å². The molecule has 220 valence electrons. The summed E-state index contributed by atoms with van der Waals surface area (Å²) in [5, 5.41) is 48.7. The number of hydrogen-bond donors (Lipinski definition) is 8. The molecule has 0 bridgehead atoms. The molecule has 0 radical (unpaired) electrons. The van der Waals surface area contributed by atoms with E-state index < -0.39 is 72.3 Å². The first-order chi connectivity index (χ1) is 17.3. The summed E-state index contributed by atoms with van der Waals surface area (Å²) < 4.78 is 0. The molecule has 0 aliphatic carbocycles. The lowest BCUT2D eigenvalue weighted by Gasteiger charge is -2.11. The first-order valence-corrected chi connectivity index (χ1v) is 11.2. The quantitative estimate of drug-likeness (QED) is 0.130. The van der Waals surface area contributed by atoms with Crippen LogP contribution < -0.4 is 11.5 Å². The number of carbonyl (C=O) groups is 8. The van der Waals surface area contributed by atoms with Crippen molar-refractivity contribution in [3.05, 3.63) is 0 Å². The van der Waals surface area contributed by atoms with Gasteiger partial charge in [-0.3, -0.25) is 28.8 Å². The molecule has 0 saturated heterocycles. The zero-order valence-corrected chi connectivity index (χ0v) is 21.7. The number of rotatable bonds is 14. The van der Waals surface area contributed by atoms with Crippen molar-refractivity contribution in [1.82, 2.24) is 0 Å². The van der Waals surface area contributed by atoms with Crippen LogP contribution in [0, 0.1) is 11.8 Å². The molecule has 10 N–H and O–H groups in total. The second-order valence-corrected chi connectivity index (χ2v) is 7.73. The second-order valence-electron chi connectivity index (χ2n) is 7.73. The molecular weight excluding hydrogens is 516 g/mol. The first kappa shape index (κ1) is 41.2. The molecule has 16 nitrogen and oxygen atoms in total. The fourth-order valence-electron chi connectivity index (χ4n) is 1.62. The molecule has 0 fully saturated rings. The molecule has 0 amide bonds. The molecule has 0 unspecified atom stereocenters. The van der Waals surface area contributed by atoms with Gasteiger partial charge in [0.05, 0.1) is 6.42 Å². The number of nitrogens with two attached hydrogens (primary N) is 2. The van der Waals surface area contributed by atoms with Gasteiger partial charge in [0.1, 0.15) is 12.1 Å². The van der Waals surface area contributed by atoms with E-state index >= 15 is 0 Å². The van der Waals surface area contributed by atoms with Gasteiger partial charge in [-0.15, -0.1) is 0 Å². The lowest BCUT2D eigenvalue weighted by atomic mass is 10.0. The maximum Gasteiger partial charge on any atom is 0.372 e. The second kappa shape index (κ2) is 23.5. The van der Waals surface area contributed by atoms with Gasteiger partial charge in [0.2, 0.25) is 11.6 Å². The smallest absolute Gasteiger partial charge is 0.372 e. The van der Waals surface area contributed by atoms with E-state index in [0.29, 0.717) is 6.42 Å². The summed E-state index contributed by atoms with van der Waals surface area (Å²) in [7, 11) is 0. The Balaban J connectivity index is -0.000000203. The van der Waals surface area contributed by atoms with E-state index in [0.717, 1.165) is 6.42 Å². The third-order valence-corrected chi connectivity index (χ3v) is 4.60. The number of aliphatic carboxylic acids is 6. The van der Waals surface area contributed by atoms with Gasteiger partial charge in [0.15, 0.2) is 0 Å². The maximum atomic E-state index is 10.5. The third-order valence-electron chi connectivity index (χ3n) is 4.60. The van der Waals surface area contributed by atoms with E-state index in [1.54, 1.807) is 13.8 Å². The number of carbonyl (C=O) groups excluding carboxylic acids is 2. The zero-order valence-electron chi connectivity index (χ0n) is 21.7. The van der Waals surface area contributed by atoms with E-state index in [-0.39, 0.29) is 24.7 Å². The van der Waals surface area contributed by atoms with E-state index in [1.165, 1.54) is 0 Å². The molecule has 0 spiro atoms. The molecule has 0 heterocycles. The maximum absolute atomic E-state index is 10.5. The van der Waals surface area contributed by atoms with Gasteiger partial charge in [0.25, 0.3) is 0 Å². The van der Waals surface area contributed by atoms with Crippen molar-refractivity contribution in [2.24, 2.45) is 23.3 Å². The topological polar surface area (TPSA) is 310 Å². The van der Waals surface area contributed by atoms with Crippen LogP contribution in [0.25, 0.3) is 0 Å². The number of carboxylic acid groups (broad SMARTS) is 6. The summed E-state index contributed by atoms with van der Waals surface area (Å²) in [6.07, 6.45) is 0.312. The van der Waals surface area contributed by atoms with Gasteiger partial charge in [0, 0.05) is 18.8 Å². The average Bonchev–Trinajstić information content (AvgIpc) is 2.84. The van der Waals surface area contributed by atoms with Crippen LogP contribution in [0.5, 0.6) is 0 Å². The normalized spacial score (nSPS) is 12.6. The van der Waals surface area contributed by atoms with Crippen molar-refractivity contribution in [3.63, 3.8) is 0 Å². The summed E-state index contributed by atoms with van der Waals surface area (Å²) in [6, 6.07) is -1.76. The van der Waals surface area contributed by atoms with Gasteiger partial charge in [-0.2, -0.15) is 0 Å². The minimum Gasteiger partial charge on any atom is -0.481 e. The van der Waals surface area contributed by atoms with E-state index in [4.69, 9.17) is 42.1 Å². The molecule has 0 aliphatic rings. The standard InChI is InChI=1S/C6H13NO2.C6H10O3.C5H9NO4.C5H6O5/c2*1-3-4(2)5(7)6(8)9;2*6-3(5(9)10)1-2-4(7)8/h4-5H,3,7H2,1-2H3,(H,8,9);4H,3H2,1-2H3,(H,8,9);3H,1-2,6H2,(H,7,8)(H,9,10);1-2H2,(H,7,8)(H,9,10)/t4-,5-;4-;3-;/m000./s1. The van der Waals surface area contributed by atoms with Crippen LogP contribution in [0.15, 0.2) is 0 Å². The highest BCUT2D eigenvalue weighted by Gasteiger charge is 2.18. The molecule has 0 aromatic carbocycles. The third kappa shape index (κ3) is 26.7. The van der Waals surface area contributed by atoms with Gasteiger partial charge in [-0.1, -0.05) is 34.1 Å². The highest BCUT2D eigenvalue weighted by molar-refractivity contribution is 6.33. The number of hydrogen-bond acceptors (Lipinski definition) is 10. The summed E-state index contributed by atoms with van der Waals surface area (Å²) in [5.41, 5.74) is 10.3. The lowest BCUT2D eigenvalue weighted by Crippen LogP contribution is -2.36. The Kier molecular flexibility index (Phi) is 25.5. The largest absolute Gasteiger partial charge is 0.481 e. The number of carboxylic acids is 6. The van der Waals surface area contributed by atoms with Crippen molar-refractivity contribution in [2.75, 3.05) is 0 Å². The van der Waals surface area contributed by atoms with Crippen molar-refractivity contribution in [1.29, 1.82) is 0 Å². The minimum atomic E-state index is -1.58. The zero-order chi connectivity index (χ0) is 31.2. The van der Waals surface area contributed by atoms with Crippen LogP contribution in [-0.4, -0.2) is 90.1 Å². The highest BCUT2D eigenvalue weighted by atomic mass is 16.4. The minimum absolute atomic E-state index is 0.0231. The predicted octanol–water partition coefficient (Wildman–Crippen LogP) is -0.101. The molecule has 0 aromatic heterocycles. The van der Waals surface area contributed by atoms with Crippen molar-refractivity contribution >= 4 is 47.4 Å². The Bertz CT molecular complexity index is 812. The number of Topliss-reactive ketones (excluding diaryl/α,β-unsaturated/α-hetero) is 2. The van der Waals surface area contributed by atoms with Crippen LogP contribution in [0.1, 0.15) is 66.2 Å². The SMILES string of the molecule is CC[C@H](C)C(=O)C(=O)O.CC[C@H](C)[C@H](N)C(=O)O.N[C@@H](CCC(=O)O)C(=O)O.O=C(O)CCC(=O)C(=O)O. The predicted molar refractivity (Wildman–Crippen MR) is 129 cm³/mol. The number of ketones is 2. The van der Waals surface area contributed by atoms with Gasteiger partial charge in [-0.25, -0.2) is 9.59 Å². The van der Waals surface area contributed by atoms with Crippen LogP contribution in [0.2, 0.25) is 0 Å². The summed E-state index contributed by atoms with van der Waals surface area (Å²) in [4.78, 5) is 80.2. The Labute approximate surface area is 218 Å².